The van der Waals surface area contributed by atoms with Gasteiger partial charge in [0, 0.05) is 29.2 Å². The lowest BCUT2D eigenvalue weighted by Gasteiger charge is -2.26. The normalized spacial score (nSPS) is 22.9. The molecule has 0 unspecified atom stereocenters. The van der Waals surface area contributed by atoms with Gasteiger partial charge < -0.3 is 10.3 Å². The molecule has 20 heavy (non-hydrogen) atoms. The molecule has 1 amide bonds. The minimum Gasteiger partial charge on any atom is -0.361 e. The number of H-pyrrole nitrogens is 1. The number of carbonyl (C=O) groups is 1. The second-order valence-electron chi connectivity index (χ2n) is 6.08. The molecular weight excluding hydrogens is 248 g/mol. The maximum absolute atomic E-state index is 12.3. The lowest BCUT2D eigenvalue weighted by molar-refractivity contribution is 0.0943. The maximum Gasteiger partial charge on any atom is 0.251 e. The van der Waals surface area contributed by atoms with Crippen molar-refractivity contribution in [3.63, 3.8) is 0 Å². The molecule has 0 aliphatic heterocycles. The van der Waals surface area contributed by atoms with E-state index in [1.807, 2.05) is 30.5 Å². The molecule has 0 atom stereocenters. The number of amides is 1. The standard InChI is InChI=1S/C17H22N2O/c1-12-5-7-13(8-6-12)11-19-17(20)15-3-2-4-16-14(15)9-10-18-16/h2-4,9-10,12-13,18H,5-8,11H2,1H3,(H,19,20). The quantitative estimate of drug-likeness (QED) is 0.877. The molecule has 1 aromatic carbocycles. The number of benzene rings is 1. The van der Waals surface area contributed by atoms with Gasteiger partial charge in [-0.05, 0) is 42.9 Å². The van der Waals surface area contributed by atoms with Crippen molar-refractivity contribution in [3.8, 4) is 0 Å². The molecule has 1 aliphatic rings. The Hall–Kier alpha value is -1.77. The first-order valence-electron chi connectivity index (χ1n) is 7.58. The fourth-order valence-electron chi connectivity index (χ4n) is 3.15. The van der Waals surface area contributed by atoms with E-state index < -0.39 is 0 Å². The Kier molecular flexibility index (Phi) is 3.77. The van der Waals surface area contributed by atoms with Crippen LogP contribution in [0.25, 0.3) is 10.9 Å². The summed E-state index contributed by atoms with van der Waals surface area (Å²) >= 11 is 0. The van der Waals surface area contributed by atoms with Gasteiger partial charge in [-0.1, -0.05) is 25.8 Å². The number of carbonyl (C=O) groups excluding carboxylic acids is 1. The largest absolute Gasteiger partial charge is 0.361 e. The number of hydrogen-bond acceptors (Lipinski definition) is 1. The maximum atomic E-state index is 12.3. The van der Waals surface area contributed by atoms with E-state index in [0.717, 1.165) is 28.9 Å². The van der Waals surface area contributed by atoms with E-state index in [4.69, 9.17) is 0 Å². The number of rotatable bonds is 3. The smallest absolute Gasteiger partial charge is 0.251 e. The zero-order chi connectivity index (χ0) is 13.9. The summed E-state index contributed by atoms with van der Waals surface area (Å²) in [4.78, 5) is 15.5. The summed E-state index contributed by atoms with van der Waals surface area (Å²) in [7, 11) is 0. The molecule has 1 heterocycles. The van der Waals surface area contributed by atoms with Gasteiger partial charge in [0.2, 0.25) is 0 Å². The highest BCUT2D eigenvalue weighted by Crippen LogP contribution is 2.27. The molecule has 3 heteroatoms. The Balaban J connectivity index is 1.63. The fraction of sp³-hybridized carbons (Fsp3) is 0.471. The molecule has 106 valence electrons. The lowest BCUT2D eigenvalue weighted by Crippen LogP contribution is -2.31. The summed E-state index contributed by atoms with van der Waals surface area (Å²) in [5.41, 5.74) is 1.79. The molecule has 0 radical (unpaired) electrons. The molecule has 1 aliphatic carbocycles. The van der Waals surface area contributed by atoms with Crippen LogP contribution in [0.3, 0.4) is 0 Å². The van der Waals surface area contributed by atoms with Gasteiger partial charge in [-0.2, -0.15) is 0 Å². The van der Waals surface area contributed by atoms with Crippen molar-refractivity contribution < 1.29 is 4.79 Å². The highest BCUT2D eigenvalue weighted by atomic mass is 16.1. The summed E-state index contributed by atoms with van der Waals surface area (Å²) in [6.45, 7) is 3.13. The van der Waals surface area contributed by atoms with Gasteiger partial charge in [0.15, 0.2) is 0 Å². The highest BCUT2D eigenvalue weighted by Gasteiger charge is 2.19. The van der Waals surface area contributed by atoms with Gasteiger partial charge in [-0.25, -0.2) is 0 Å². The molecule has 1 aromatic heterocycles. The minimum atomic E-state index is 0.0498. The minimum absolute atomic E-state index is 0.0498. The number of nitrogens with one attached hydrogen (secondary N) is 2. The molecule has 3 rings (SSSR count). The highest BCUT2D eigenvalue weighted by molar-refractivity contribution is 6.06. The number of fused-ring (bicyclic) bond motifs is 1. The summed E-state index contributed by atoms with van der Waals surface area (Å²) in [6, 6.07) is 7.78. The van der Waals surface area contributed by atoms with Crippen LogP contribution in [0.2, 0.25) is 0 Å². The molecule has 2 aromatic rings. The predicted molar refractivity (Wildman–Crippen MR) is 81.8 cm³/mol. The Morgan fingerprint density at radius 2 is 2.05 bits per heavy atom. The van der Waals surface area contributed by atoms with Crippen molar-refractivity contribution in [2.75, 3.05) is 6.54 Å². The van der Waals surface area contributed by atoms with Crippen molar-refractivity contribution >= 4 is 16.8 Å². The monoisotopic (exact) mass is 270 g/mol. The van der Waals surface area contributed by atoms with Crippen LogP contribution >= 0.6 is 0 Å². The lowest BCUT2D eigenvalue weighted by atomic mass is 9.83. The molecular formula is C17H22N2O. The third-order valence-electron chi connectivity index (χ3n) is 4.53. The Morgan fingerprint density at radius 1 is 1.25 bits per heavy atom. The number of aromatic amines is 1. The van der Waals surface area contributed by atoms with Crippen LogP contribution in [0.15, 0.2) is 30.5 Å². The van der Waals surface area contributed by atoms with Crippen LogP contribution in [-0.2, 0) is 0 Å². The number of hydrogen-bond donors (Lipinski definition) is 2. The van der Waals surface area contributed by atoms with Crippen molar-refractivity contribution in [2.24, 2.45) is 11.8 Å². The van der Waals surface area contributed by atoms with Crippen LogP contribution < -0.4 is 5.32 Å². The number of aromatic nitrogens is 1. The van der Waals surface area contributed by atoms with E-state index in [1.165, 1.54) is 25.7 Å². The van der Waals surface area contributed by atoms with Crippen LogP contribution in [0, 0.1) is 11.8 Å². The van der Waals surface area contributed by atoms with Crippen molar-refractivity contribution in [2.45, 2.75) is 32.6 Å². The Morgan fingerprint density at radius 3 is 2.85 bits per heavy atom. The molecule has 0 spiro atoms. The topological polar surface area (TPSA) is 44.9 Å². The van der Waals surface area contributed by atoms with Crippen molar-refractivity contribution in [1.29, 1.82) is 0 Å². The molecule has 1 fully saturated rings. The third kappa shape index (κ3) is 2.72. The van der Waals surface area contributed by atoms with Crippen molar-refractivity contribution in [3.05, 3.63) is 36.0 Å². The van der Waals surface area contributed by atoms with Gasteiger partial charge in [-0.15, -0.1) is 0 Å². The van der Waals surface area contributed by atoms with Crippen LogP contribution in [0.4, 0.5) is 0 Å². The Bertz CT molecular complexity index is 594. The van der Waals surface area contributed by atoms with E-state index in [1.54, 1.807) is 0 Å². The molecule has 0 saturated heterocycles. The first-order valence-corrected chi connectivity index (χ1v) is 7.58. The van der Waals surface area contributed by atoms with Crippen LogP contribution in [0.1, 0.15) is 43.0 Å². The summed E-state index contributed by atoms with van der Waals surface area (Å²) in [6.07, 6.45) is 6.97. The van der Waals surface area contributed by atoms with Crippen LogP contribution in [0.5, 0.6) is 0 Å². The SMILES string of the molecule is CC1CCC(CNC(=O)c2cccc3[nH]ccc23)CC1. The zero-order valence-corrected chi connectivity index (χ0v) is 12.0. The molecule has 2 N–H and O–H groups in total. The van der Waals surface area contributed by atoms with Crippen LogP contribution in [-0.4, -0.2) is 17.4 Å². The van der Waals surface area contributed by atoms with E-state index in [2.05, 4.69) is 17.2 Å². The Labute approximate surface area is 119 Å². The first-order chi connectivity index (χ1) is 9.74. The zero-order valence-electron chi connectivity index (χ0n) is 12.0. The summed E-state index contributed by atoms with van der Waals surface area (Å²) < 4.78 is 0. The average Bonchev–Trinajstić information content (AvgIpc) is 2.94. The predicted octanol–water partition coefficient (Wildman–Crippen LogP) is 3.72. The van der Waals surface area contributed by atoms with E-state index in [0.29, 0.717) is 5.92 Å². The molecule has 1 saturated carbocycles. The summed E-state index contributed by atoms with van der Waals surface area (Å²) in [5.74, 6) is 1.56. The van der Waals surface area contributed by atoms with Gasteiger partial charge in [-0.3, -0.25) is 4.79 Å². The molecule has 0 bridgehead atoms. The van der Waals surface area contributed by atoms with Gasteiger partial charge in [0.25, 0.3) is 5.91 Å². The van der Waals surface area contributed by atoms with Gasteiger partial charge >= 0.3 is 0 Å². The second-order valence-corrected chi connectivity index (χ2v) is 6.08. The molecule has 3 nitrogen and oxygen atoms in total. The van der Waals surface area contributed by atoms with Crippen molar-refractivity contribution in [1.82, 2.24) is 10.3 Å². The second kappa shape index (κ2) is 5.70. The van der Waals surface area contributed by atoms with E-state index >= 15 is 0 Å². The van der Waals surface area contributed by atoms with Gasteiger partial charge in [0.05, 0.1) is 0 Å². The summed E-state index contributed by atoms with van der Waals surface area (Å²) in [5, 5.41) is 4.11. The van der Waals surface area contributed by atoms with Gasteiger partial charge in [0.1, 0.15) is 0 Å². The van der Waals surface area contributed by atoms with E-state index in [9.17, 15) is 4.79 Å². The van der Waals surface area contributed by atoms with E-state index in [-0.39, 0.29) is 5.91 Å². The first kappa shape index (κ1) is 13.2. The third-order valence-corrected chi connectivity index (χ3v) is 4.53. The average molecular weight is 270 g/mol. The fourth-order valence-corrected chi connectivity index (χ4v) is 3.15.